The van der Waals surface area contributed by atoms with Gasteiger partial charge in [-0.1, -0.05) is 55.3 Å². The Morgan fingerprint density at radius 1 is 0.917 bits per heavy atom. The molecule has 0 unspecified atom stereocenters. The third-order valence-corrected chi connectivity index (χ3v) is 7.26. The second-order valence-corrected chi connectivity index (χ2v) is 10.2. The molecule has 0 atom stereocenters. The van der Waals surface area contributed by atoms with Crippen molar-refractivity contribution in [2.24, 2.45) is 0 Å². The highest BCUT2D eigenvalue weighted by atomic mass is 32.2. The summed E-state index contributed by atoms with van der Waals surface area (Å²) in [5.74, 6) is 0.663. The molecule has 0 aliphatic heterocycles. The van der Waals surface area contributed by atoms with Crippen molar-refractivity contribution in [3.05, 3.63) is 83.9 Å². The maximum absolute atomic E-state index is 13.6. The van der Waals surface area contributed by atoms with E-state index in [2.05, 4.69) is 12.2 Å². The van der Waals surface area contributed by atoms with Gasteiger partial charge in [0.25, 0.3) is 10.0 Å². The SMILES string of the molecule is CCCc1ccc(OCCNC(=O)CN(c2ccccc2OCC)S(=O)(=O)c2ccc(C)cc2)cc1. The summed E-state index contributed by atoms with van der Waals surface area (Å²) in [6.45, 7) is 6.30. The Morgan fingerprint density at radius 2 is 1.61 bits per heavy atom. The van der Waals surface area contributed by atoms with Crippen molar-refractivity contribution in [3.63, 3.8) is 0 Å². The van der Waals surface area contributed by atoms with E-state index >= 15 is 0 Å². The van der Waals surface area contributed by atoms with Crippen LogP contribution in [0.15, 0.2) is 77.7 Å². The summed E-state index contributed by atoms with van der Waals surface area (Å²) in [5.41, 5.74) is 2.49. The first-order valence-corrected chi connectivity index (χ1v) is 13.6. The van der Waals surface area contributed by atoms with Crippen LogP contribution < -0.4 is 19.1 Å². The van der Waals surface area contributed by atoms with Gasteiger partial charge >= 0.3 is 0 Å². The summed E-state index contributed by atoms with van der Waals surface area (Å²) in [4.78, 5) is 12.9. The minimum atomic E-state index is -4.03. The standard InChI is InChI=1S/C28H34N2O5S/c1-4-8-23-13-15-24(16-14-23)35-20-19-29-28(31)21-30(26-9-6-7-10-27(26)34-5-2)36(32,33)25-17-11-22(3)12-18-25/h6-7,9-18H,4-5,8,19-21H2,1-3H3,(H,29,31). The van der Waals surface area contributed by atoms with Crippen molar-refractivity contribution < 1.29 is 22.7 Å². The lowest BCUT2D eigenvalue weighted by atomic mass is 10.1. The largest absolute Gasteiger partial charge is 0.492 e. The Labute approximate surface area is 214 Å². The number of anilines is 1. The predicted molar refractivity (Wildman–Crippen MR) is 142 cm³/mol. The summed E-state index contributed by atoms with van der Waals surface area (Å²) in [7, 11) is -4.03. The summed E-state index contributed by atoms with van der Waals surface area (Å²) < 4.78 is 39.6. The number of benzene rings is 3. The molecular weight excluding hydrogens is 476 g/mol. The molecule has 0 saturated heterocycles. The van der Waals surface area contributed by atoms with Crippen molar-refractivity contribution in [2.75, 3.05) is 30.6 Å². The quantitative estimate of drug-likeness (QED) is 0.336. The Kier molecular flexibility index (Phi) is 9.76. The second kappa shape index (κ2) is 13.0. The fraction of sp³-hybridized carbons (Fsp3) is 0.321. The Hall–Kier alpha value is -3.52. The van der Waals surface area contributed by atoms with Gasteiger partial charge in [0.05, 0.1) is 23.7 Å². The van der Waals surface area contributed by atoms with Gasteiger partial charge < -0.3 is 14.8 Å². The third-order valence-electron chi connectivity index (χ3n) is 5.48. The van der Waals surface area contributed by atoms with Crippen molar-refractivity contribution in [3.8, 4) is 11.5 Å². The Morgan fingerprint density at radius 3 is 2.28 bits per heavy atom. The van der Waals surface area contributed by atoms with E-state index in [1.807, 2.05) is 38.1 Å². The molecule has 3 rings (SSSR count). The van der Waals surface area contributed by atoms with Crippen molar-refractivity contribution >= 4 is 21.6 Å². The number of carbonyl (C=O) groups excluding carboxylic acids is 1. The van der Waals surface area contributed by atoms with Crippen LogP contribution in [-0.4, -0.2) is 40.6 Å². The van der Waals surface area contributed by atoms with Crippen molar-refractivity contribution in [2.45, 2.75) is 38.5 Å². The minimum Gasteiger partial charge on any atom is -0.492 e. The van der Waals surface area contributed by atoms with E-state index in [9.17, 15) is 13.2 Å². The number of aryl methyl sites for hydroxylation is 2. The van der Waals surface area contributed by atoms with E-state index in [1.54, 1.807) is 48.5 Å². The van der Waals surface area contributed by atoms with Gasteiger partial charge in [-0.05, 0) is 62.2 Å². The first-order valence-electron chi connectivity index (χ1n) is 12.1. The van der Waals surface area contributed by atoms with Crippen LogP contribution in [0, 0.1) is 6.92 Å². The topological polar surface area (TPSA) is 84.9 Å². The highest BCUT2D eigenvalue weighted by Crippen LogP contribution is 2.32. The van der Waals surface area contributed by atoms with E-state index in [1.165, 1.54) is 5.56 Å². The highest BCUT2D eigenvalue weighted by molar-refractivity contribution is 7.92. The molecule has 1 N–H and O–H groups in total. The predicted octanol–water partition coefficient (Wildman–Crippen LogP) is 4.74. The van der Waals surface area contributed by atoms with Crippen molar-refractivity contribution in [1.82, 2.24) is 5.32 Å². The van der Waals surface area contributed by atoms with Crippen LogP contribution >= 0.6 is 0 Å². The summed E-state index contributed by atoms with van der Waals surface area (Å²) in [5, 5.41) is 2.76. The molecule has 0 saturated carbocycles. The molecule has 0 heterocycles. The molecule has 0 bridgehead atoms. The van der Waals surface area contributed by atoms with Gasteiger partial charge in [-0.2, -0.15) is 0 Å². The van der Waals surface area contributed by atoms with Crippen LogP contribution in [0.2, 0.25) is 0 Å². The molecule has 3 aromatic carbocycles. The van der Waals surface area contributed by atoms with Gasteiger partial charge in [-0.15, -0.1) is 0 Å². The normalized spacial score (nSPS) is 11.1. The summed E-state index contributed by atoms with van der Waals surface area (Å²) >= 11 is 0. The third kappa shape index (κ3) is 7.24. The lowest BCUT2D eigenvalue weighted by molar-refractivity contribution is -0.119. The maximum Gasteiger partial charge on any atom is 0.264 e. The lowest BCUT2D eigenvalue weighted by Gasteiger charge is -2.26. The number of hydrogen-bond acceptors (Lipinski definition) is 5. The number of rotatable bonds is 13. The summed E-state index contributed by atoms with van der Waals surface area (Å²) in [6.07, 6.45) is 2.10. The smallest absolute Gasteiger partial charge is 0.264 e. The number of carbonyl (C=O) groups is 1. The number of sulfonamides is 1. The molecule has 0 fully saturated rings. The zero-order valence-electron chi connectivity index (χ0n) is 21.1. The summed E-state index contributed by atoms with van der Waals surface area (Å²) in [6, 6.07) is 21.2. The maximum atomic E-state index is 13.6. The van der Waals surface area contributed by atoms with Crippen LogP contribution in [0.3, 0.4) is 0 Å². The van der Waals surface area contributed by atoms with Crippen LogP contribution in [0.1, 0.15) is 31.4 Å². The van der Waals surface area contributed by atoms with Gasteiger partial charge in [0.1, 0.15) is 24.7 Å². The van der Waals surface area contributed by atoms with Crippen LogP contribution in [0.5, 0.6) is 11.5 Å². The first-order chi connectivity index (χ1) is 17.3. The monoisotopic (exact) mass is 510 g/mol. The Balaban J connectivity index is 1.71. The number of nitrogens with zero attached hydrogens (tertiary/aromatic N) is 1. The van der Waals surface area contributed by atoms with Crippen LogP contribution in [0.4, 0.5) is 5.69 Å². The zero-order valence-corrected chi connectivity index (χ0v) is 21.9. The fourth-order valence-electron chi connectivity index (χ4n) is 3.66. The molecule has 0 aromatic heterocycles. The number of para-hydroxylation sites is 2. The van der Waals surface area contributed by atoms with Gasteiger partial charge in [0.2, 0.25) is 5.91 Å². The number of nitrogens with one attached hydrogen (secondary N) is 1. The van der Waals surface area contributed by atoms with E-state index < -0.39 is 22.5 Å². The second-order valence-electron chi connectivity index (χ2n) is 8.32. The van der Waals surface area contributed by atoms with Gasteiger partial charge in [-0.25, -0.2) is 8.42 Å². The zero-order chi connectivity index (χ0) is 26.0. The number of hydrogen-bond donors (Lipinski definition) is 1. The molecule has 8 heteroatoms. The number of amides is 1. The average Bonchev–Trinajstić information content (AvgIpc) is 2.87. The van der Waals surface area contributed by atoms with Crippen molar-refractivity contribution in [1.29, 1.82) is 0 Å². The number of ether oxygens (including phenoxy) is 2. The van der Waals surface area contributed by atoms with Gasteiger partial charge in [0.15, 0.2) is 0 Å². The average molecular weight is 511 g/mol. The lowest BCUT2D eigenvalue weighted by Crippen LogP contribution is -2.42. The molecule has 0 aliphatic carbocycles. The van der Waals surface area contributed by atoms with E-state index in [4.69, 9.17) is 9.47 Å². The van der Waals surface area contributed by atoms with Gasteiger partial charge in [-0.3, -0.25) is 9.10 Å². The highest BCUT2D eigenvalue weighted by Gasteiger charge is 2.29. The Bertz CT molecular complexity index is 1230. The molecule has 3 aromatic rings. The van der Waals surface area contributed by atoms with E-state index in [0.29, 0.717) is 18.0 Å². The van der Waals surface area contributed by atoms with Crippen LogP contribution in [0.25, 0.3) is 0 Å². The van der Waals surface area contributed by atoms with Crippen LogP contribution in [-0.2, 0) is 21.2 Å². The molecule has 0 aliphatic rings. The van der Waals surface area contributed by atoms with Gasteiger partial charge in [0, 0.05) is 0 Å². The molecule has 192 valence electrons. The molecule has 1 amide bonds. The minimum absolute atomic E-state index is 0.0991. The van der Waals surface area contributed by atoms with E-state index in [0.717, 1.165) is 28.5 Å². The molecule has 0 radical (unpaired) electrons. The first kappa shape index (κ1) is 27.1. The van der Waals surface area contributed by atoms with E-state index in [-0.39, 0.29) is 18.0 Å². The fourth-order valence-corrected chi connectivity index (χ4v) is 5.10. The molecule has 7 nitrogen and oxygen atoms in total. The molecule has 0 spiro atoms. The molecular formula is C28H34N2O5S. The molecule has 36 heavy (non-hydrogen) atoms.